The van der Waals surface area contributed by atoms with Crippen LogP contribution >= 0.6 is 0 Å². The van der Waals surface area contributed by atoms with Gasteiger partial charge in [-0.3, -0.25) is 0 Å². The van der Waals surface area contributed by atoms with Crippen LogP contribution < -0.4 is 0 Å². The Morgan fingerprint density at radius 3 is 2.27 bits per heavy atom. The molecule has 1 saturated heterocycles. The minimum Gasteiger partial charge on any atom is -0.462 e. The number of hydrogen-bond donors (Lipinski definition) is 0. The van der Waals surface area contributed by atoms with Gasteiger partial charge >= 0.3 is 11.9 Å². The van der Waals surface area contributed by atoms with E-state index in [1.54, 1.807) is 18.2 Å². The summed E-state index contributed by atoms with van der Waals surface area (Å²) >= 11 is 0. The molecule has 1 aliphatic heterocycles. The van der Waals surface area contributed by atoms with Gasteiger partial charge in [0.2, 0.25) is 0 Å². The molecule has 2 rings (SSSR count). The molecular formula is C20H28O6. The quantitative estimate of drug-likeness (QED) is 0.690. The molecule has 26 heavy (non-hydrogen) atoms. The molecule has 0 bridgehead atoms. The van der Waals surface area contributed by atoms with Crippen molar-refractivity contribution in [2.45, 2.75) is 46.5 Å². The Morgan fingerprint density at radius 2 is 1.69 bits per heavy atom. The minimum atomic E-state index is -0.512. The van der Waals surface area contributed by atoms with Gasteiger partial charge in [0, 0.05) is 5.92 Å². The second kappa shape index (κ2) is 9.69. The first-order chi connectivity index (χ1) is 12.4. The molecule has 0 amide bonds. The summed E-state index contributed by atoms with van der Waals surface area (Å²) in [4.78, 5) is 24.4. The SMILES string of the molecule is CC(C)CCOC(=O)c1cccc(C(=O)OC2COC(C(C)C)OC2)c1. The molecule has 0 atom stereocenters. The van der Waals surface area contributed by atoms with Crippen LogP contribution in [0.25, 0.3) is 0 Å². The molecule has 0 N–H and O–H groups in total. The van der Waals surface area contributed by atoms with Gasteiger partial charge in [-0.25, -0.2) is 9.59 Å². The van der Waals surface area contributed by atoms with Gasteiger partial charge in [0.15, 0.2) is 6.29 Å². The fourth-order valence-electron chi connectivity index (χ4n) is 2.42. The second-order valence-corrected chi connectivity index (χ2v) is 7.21. The molecule has 0 radical (unpaired) electrons. The van der Waals surface area contributed by atoms with Crippen LogP contribution in [0, 0.1) is 11.8 Å². The molecule has 0 aromatic heterocycles. The summed E-state index contributed by atoms with van der Waals surface area (Å²) in [5.74, 6) is -0.254. The molecule has 1 aromatic rings. The van der Waals surface area contributed by atoms with E-state index in [0.29, 0.717) is 36.9 Å². The number of benzene rings is 1. The molecule has 1 aromatic carbocycles. The summed E-state index contributed by atoms with van der Waals surface area (Å²) in [6.45, 7) is 9.08. The van der Waals surface area contributed by atoms with Gasteiger partial charge in [-0.15, -0.1) is 0 Å². The molecule has 6 heteroatoms. The van der Waals surface area contributed by atoms with Crippen molar-refractivity contribution in [2.75, 3.05) is 19.8 Å². The Bertz CT molecular complexity index is 602. The minimum absolute atomic E-state index is 0.241. The van der Waals surface area contributed by atoms with E-state index in [1.165, 1.54) is 6.07 Å². The number of carbonyl (C=O) groups is 2. The lowest BCUT2D eigenvalue weighted by Crippen LogP contribution is -2.40. The zero-order valence-corrected chi connectivity index (χ0v) is 15.9. The molecule has 0 aliphatic carbocycles. The predicted molar refractivity (Wildman–Crippen MR) is 95.9 cm³/mol. The van der Waals surface area contributed by atoms with Gasteiger partial charge in [-0.05, 0) is 30.5 Å². The molecule has 0 saturated carbocycles. The van der Waals surface area contributed by atoms with Crippen LogP contribution in [0.1, 0.15) is 54.8 Å². The van der Waals surface area contributed by atoms with E-state index in [1.807, 2.05) is 13.8 Å². The van der Waals surface area contributed by atoms with Crippen molar-refractivity contribution in [3.63, 3.8) is 0 Å². The number of carbonyl (C=O) groups excluding carboxylic acids is 2. The highest BCUT2D eigenvalue weighted by Gasteiger charge is 2.27. The normalized spacial score (nSPS) is 20.2. The maximum atomic E-state index is 12.3. The highest BCUT2D eigenvalue weighted by atomic mass is 16.7. The van der Waals surface area contributed by atoms with Crippen molar-refractivity contribution in [2.24, 2.45) is 11.8 Å². The van der Waals surface area contributed by atoms with Gasteiger partial charge in [0.25, 0.3) is 0 Å². The smallest absolute Gasteiger partial charge is 0.338 e. The van der Waals surface area contributed by atoms with Gasteiger partial charge < -0.3 is 18.9 Å². The van der Waals surface area contributed by atoms with Crippen molar-refractivity contribution in [3.8, 4) is 0 Å². The monoisotopic (exact) mass is 364 g/mol. The van der Waals surface area contributed by atoms with E-state index < -0.39 is 18.0 Å². The second-order valence-electron chi connectivity index (χ2n) is 7.21. The number of esters is 2. The lowest BCUT2D eigenvalue weighted by molar-refractivity contribution is -0.232. The van der Waals surface area contributed by atoms with Crippen LogP contribution in [0.4, 0.5) is 0 Å². The number of ether oxygens (including phenoxy) is 4. The average Bonchev–Trinajstić information content (AvgIpc) is 2.62. The van der Waals surface area contributed by atoms with Crippen LogP contribution in [0.2, 0.25) is 0 Å². The average molecular weight is 364 g/mol. The zero-order valence-electron chi connectivity index (χ0n) is 15.9. The molecule has 1 fully saturated rings. The third kappa shape index (κ3) is 6.11. The van der Waals surface area contributed by atoms with E-state index >= 15 is 0 Å². The molecule has 1 heterocycles. The lowest BCUT2D eigenvalue weighted by Gasteiger charge is -2.31. The fraction of sp³-hybridized carbons (Fsp3) is 0.600. The van der Waals surface area contributed by atoms with E-state index in [4.69, 9.17) is 18.9 Å². The van der Waals surface area contributed by atoms with Gasteiger partial charge in [0.1, 0.15) is 6.10 Å². The van der Waals surface area contributed by atoms with Gasteiger partial charge in [0.05, 0.1) is 30.9 Å². The molecule has 6 nitrogen and oxygen atoms in total. The largest absolute Gasteiger partial charge is 0.462 e. The Labute approximate surface area is 154 Å². The first kappa shape index (κ1) is 20.4. The third-order valence-electron chi connectivity index (χ3n) is 3.97. The molecule has 144 valence electrons. The highest BCUT2D eigenvalue weighted by molar-refractivity contribution is 5.95. The van der Waals surface area contributed by atoms with E-state index in [-0.39, 0.29) is 12.2 Å². The van der Waals surface area contributed by atoms with Crippen molar-refractivity contribution < 1.29 is 28.5 Å². The third-order valence-corrected chi connectivity index (χ3v) is 3.97. The number of hydrogen-bond acceptors (Lipinski definition) is 6. The molecule has 1 aliphatic rings. The summed E-state index contributed by atoms with van der Waals surface area (Å²) in [6, 6.07) is 6.35. The van der Waals surface area contributed by atoms with Crippen molar-refractivity contribution in [3.05, 3.63) is 35.4 Å². The predicted octanol–water partition coefficient (Wildman–Crippen LogP) is 3.44. The standard InChI is InChI=1S/C20H28O6/c1-13(2)8-9-23-18(21)15-6-5-7-16(10-15)19(22)26-17-11-24-20(14(3)4)25-12-17/h5-7,10,13-14,17,20H,8-9,11-12H2,1-4H3. The van der Waals surface area contributed by atoms with E-state index in [2.05, 4.69) is 13.8 Å². The first-order valence-corrected chi connectivity index (χ1v) is 9.08. The topological polar surface area (TPSA) is 71.1 Å². The Balaban J connectivity index is 1.88. The lowest BCUT2D eigenvalue weighted by atomic mass is 10.1. The van der Waals surface area contributed by atoms with E-state index in [0.717, 1.165) is 6.42 Å². The molecule has 0 unspecified atom stereocenters. The van der Waals surface area contributed by atoms with Crippen LogP contribution in [0.3, 0.4) is 0 Å². The summed E-state index contributed by atoms with van der Waals surface area (Å²) in [6.07, 6.45) is 0.0695. The first-order valence-electron chi connectivity index (χ1n) is 9.08. The summed E-state index contributed by atoms with van der Waals surface area (Å²) < 4.78 is 21.7. The zero-order chi connectivity index (χ0) is 19.1. The van der Waals surface area contributed by atoms with Crippen LogP contribution in [0.15, 0.2) is 24.3 Å². The highest BCUT2D eigenvalue weighted by Crippen LogP contribution is 2.17. The Hall–Kier alpha value is -1.92. The summed E-state index contributed by atoms with van der Waals surface area (Å²) in [5, 5.41) is 0. The van der Waals surface area contributed by atoms with Crippen molar-refractivity contribution in [1.82, 2.24) is 0 Å². The Kier molecular flexibility index (Phi) is 7.60. The van der Waals surface area contributed by atoms with Gasteiger partial charge in [-0.2, -0.15) is 0 Å². The maximum absolute atomic E-state index is 12.3. The van der Waals surface area contributed by atoms with Gasteiger partial charge in [-0.1, -0.05) is 33.8 Å². The summed E-state index contributed by atoms with van der Waals surface area (Å²) in [5.41, 5.74) is 0.633. The fourth-order valence-corrected chi connectivity index (χ4v) is 2.42. The maximum Gasteiger partial charge on any atom is 0.338 e. The Morgan fingerprint density at radius 1 is 1.08 bits per heavy atom. The number of rotatable bonds is 7. The van der Waals surface area contributed by atoms with Crippen LogP contribution in [-0.4, -0.2) is 44.2 Å². The van der Waals surface area contributed by atoms with E-state index in [9.17, 15) is 9.59 Å². The van der Waals surface area contributed by atoms with Crippen molar-refractivity contribution in [1.29, 1.82) is 0 Å². The molecular weight excluding hydrogens is 336 g/mol. The van der Waals surface area contributed by atoms with Crippen LogP contribution in [-0.2, 0) is 18.9 Å². The molecule has 0 spiro atoms. The van der Waals surface area contributed by atoms with Crippen molar-refractivity contribution >= 4 is 11.9 Å². The van der Waals surface area contributed by atoms with Crippen LogP contribution in [0.5, 0.6) is 0 Å². The summed E-state index contributed by atoms with van der Waals surface area (Å²) in [7, 11) is 0.